The lowest BCUT2D eigenvalue weighted by Gasteiger charge is -2.12. The number of aromatic nitrogens is 2. The van der Waals surface area contributed by atoms with E-state index in [-0.39, 0.29) is 28.1 Å². The van der Waals surface area contributed by atoms with Crippen molar-refractivity contribution in [2.75, 3.05) is 10.7 Å². The number of nitrogens with one attached hydrogen (secondary N) is 1. The number of hydrogen-bond acceptors (Lipinski definition) is 4. The lowest BCUT2D eigenvalue weighted by atomic mass is 10.3. The summed E-state index contributed by atoms with van der Waals surface area (Å²) in [6.45, 7) is 1.78. The molecule has 0 aliphatic carbocycles. The molecule has 0 saturated carbocycles. The second-order valence-electron chi connectivity index (χ2n) is 4.73. The Bertz CT molecular complexity index is 775. The molecule has 0 atom stereocenters. The van der Waals surface area contributed by atoms with Crippen molar-refractivity contribution < 1.29 is 4.79 Å². The van der Waals surface area contributed by atoms with Gasteiger partial charge in [0.05, 0.1) is 17.1 Å². The Hall–Kier alpha value is -2.28. The first kappa shape index (κ1) is 13.7. The molecule has 1 aromatic heterocycles. The smallest absolute Gasteiger partial charge is 0.283 e. The summed E-state index contributed by atoms with van der Waals surface area (Å²) in [5.41, 5.74) is 1.36. The third kappa shape index (κ3) is 2.01. The Morgan fingerprint density at radius 2 is 1.86 bits per heavy atom. The van der Waals surface area contributed by atoms with E-state index in [1.54, 1.807) is 18.7 Å². The average Bonchev–Trinajstić information content (AvgIpc) is 2.90. The first-order chi connectivity index (χ1) is 10.0. The normalized spacial score (nSPS) is 15.0. The second-order valence-corrected chi connectivity index (χ2v) is 5.70. The van der Waals surface area contributed by atoms with Crippen LogP contribution in [-0.2, 0) is 11.8 Å². The predicted molar refractivity (Wildman–Crippen MR) is 83.4 cm³/mol. The summed E-state index contributed by atoms with van der Waals surface area (Å²) >= 11 is 1.14. The van der Waals surface area contributed by atoms with Crippen LogP contribution in [0.25, 0.3) is 5.69 Å². The molecule has 2 aromatic rings. The number of nitrogens with zero attached hydrogens (tertiary/aromatic N) is 3. The number of amides is 1. The summed E-state index contributed by atoms with van der Waals surface area (Å²) in [4.78, 5) is 25.9. The Morgan fingerprint density at radius 3 is 2.43 bits per heavy atom. The van der Waals surface area contributed by atoms with Gasteiger partial charge in [-0.2, -0.15) is 0 Å². The van der Waals surface area contributed by atoms with E-state index in [2.05, 4.69) is 0 Å². The zero-order chi connectivity index (χ0) is 15.1. The van der Waals surface area contributed by atoms with Gasteiger partial charge in [-0.15, -0.1) is 0 Å². The number of amidine groups is 1. The summed E-state index contributed by atoms with van der Waals surface area (Å²) in [5.74, 6) is -0.0196. The predicted octanol–water partition coefficient (Wildman–Crippen LogP) is 1.50. The molecular weight excluding hydrogens is 288 g/mol. The quantitative estimate of drug-likeness (QED) is 0.914. The lowest BCUT2D eigenvalue weighted by Crippen LogP contribution is -2.33. The van der Waals surface area contributed by atoms with Crippen molar-refractivity contribution in [3.63, 3.8) is 0 Å². The molecule has 1 saturated heterocycles. The first-order valence-electron chi connectivity index (χ1n) is 6.40. The molecule has 0 unspecified atom stereocenters. The van der Waals surface area contributed by atoms with Crippen molar-refractivity contribution in [3.8, 4) is 5.69 Å². The monoisotopic (exact) mass is 302 g/mol. The van der Waals surface area contributed by atoms with Crippen LogP contribution in [0.15, 0.2) is 35.1 Å². The zero-order valence-corrected chi connectivity index (χ0v) is 12.5. The number of anilines is 1. The summed E-state index contributed by atoms with van der Waals surface area (Å²) in [6.07, 6.45) is 0. The Morgan fingerprint density at radius 1 is 1.19 bits per heavy atom. The molecule has 21 heavy (non-hydrogen) atoms. The molecule has 108 valence electrons. The molecule has 7 heteroatoms. The topological polar surface area (TPSA) is 71.1 Å². The van der Waals surface area contributed by atoms with E-state index in [0.717, 1.165) is 17.4 Å². The minimum Gasteiger partial charge on any atom is -0.283 e. The molecule has 1 aliphatic heterocycles. The van der Waals surface area contributed by atoms with Gasteiger partial charge in [-0.3, -0.25) is 24.6 Å². The van der Waals surface area contributed by atoms with Gasteiger partial charge in [0, 0.05) is 7.05 Å². The fourth-order valence-electron chi connectivity index (χ4n) is 2.41. The molecular formula is C14H14N4O2S. The molecule has 1 fully saturated rings. The van der Waals surface area contributed by atoms with Crippen LogP contribution >= 0.6 is 11.8 Å². The van der Waals surface area contributed by atoms with Crippen LogP contribution in [-0.4, -0.2) is 26.2 Å². The largest absolute Gasteiger partial charge is 0.296 e. The van der Waals surface area contributed by atoms with Crippen LogP contribution in [0.5, 0.6) is 0 Å². The van der Waals surface area contributed by atoms with E-state index in [1.807, 2.05) is 30.3 Å². The molecule has 0 spiro atoms. The van der Waals surface area contributed by atoms with Gasteiger partial charge < -0.3 is 0 Å². The number of carbonyl (C=O) groups excluding carboxylic acids is 1. The van der Waals surface area contributed by atoms with E-state index in [4.69, 9.17) is 5.41 Å². The molecule has 1 N–H and O–H groups in total. The van der Waals surface area contributed by atoms with Crippen LogP contribution < -0.4 is 10.5 Å². The van der Waals surface area contributed by atoms with Gasteiger partial charge >= 0.3 is 0 Å². The van der Waals surface area contributed by atoms with Crippen LogP contribution in [0.4, 0.5) is 5.69 Å². The molecule has 1 aliphatic rings. The van der Waals surface area contributed by atoms with E-state index in [0.29, 0.717) is 5.69 Å². The average molecular weight is 302 g/mol. The number of thioether (sulfide) groups is 1. The molecule has 1 amide bonds. The minimum absolute atomic E-state index is 0.103. The van der Waals surface area contributed by atoms with Gasteiger partial charge in [0.2, 0.25) is 5.91 Å². The van der Waals surface area contributed by atoms with E-state index in [1.165, 1.54) is 9.58 Å². The van der Waals surface area contributed by atoms with Crippen LogP contribution in [0.3, 0.4) is 0 Å². The molecule has 0 bridgehead atoms. The van der Waals surface area contributed by atoms with Gasteiger partial charge in [-0.1, -0.05) is 30.0 Å². The fraction of sp³-hybridized carbons (Fsp3) is 0.214. The van der Waals surface area contributed by atoms with Crippen molar-refractivity contribution in [3.05, 3.63) is 46.4 Å². The highest BCUT2D eigenvalue weighted by atomic mass is 32.2. The van der Waals surface area contributed by atoms with Gasteiger partial charge in [0.25, 0.3) is 5.56 Å². The van der Waals surface area contributed by atoms with Gasteiger partial charge in [-0.05, 0) is 19.1 Å². The zero-order valence-electron chi connectivity index (χ0n) is 11.7. The molecule has 0 radical (unpaired) electrons. The number of carbonyl (C=O) groups is 1. The van der Waals surface area contributed by atoms with Crippen molar-refractivity contribution in [2.45, 2.75) is 6.92 Å². The van der Waals surface area contributed by atoms with Crippen molar-refractivity contribution >= 4 is 28.5 Å². The molecule has 3 rings (SSSR count). The summed E-state index contributed by atoms with van der Waals surface area (Å²) in [5, 5.41) is 7.96. The Labute approximate surface area is 125 Å². The van der Waals surface area contributed by atoms with Crippen molar-refractivity contribution in [2.24, 2.45) is 7.05 Å². The minimum atomic E-state index is -0.290. The van der Waals surface area contributed by atoms with Crippen LogP contribution in [0.2, 0.25) is 0 Å². The SMILES string of the molecule is Cc1c(N2C(=N)SCC2=O)c(=O)n(-c2ccccc2)n1C. The number of benzene rings is 1. The first-order valence-corrected chi connectivity index (χ1v) is 7.39. The maximum Gasteiger partial charge on any atom is 0.296 e. The third-order valence-corrected chi connectivity index (χ3v) is 4.38. The molecule has 2 heterocycles. The standard InChI is InChI=1S/C14H14N4O2S/c1-9-12(17-11(19)8-21-14(17)15)13(20)18(16(9)2)10-6-4-3-5-7-10/h3-7,15H,8H2,1-2H3. The summed E-state index contributed by atoms with van der Waals surface area (Å²) in [6, 6.07) is 9.24. The van der Waals surface area contributed by atoms with Gasteiger partial charge in [-0.25, -0.2) is 4.68 Å². The van der Waals surface area contributed by atoms with Crippen LogP contribution in [0, 0.1) is 12.3 Å². The number of hydrogen-bond donors (Lipinski definition) is 1. The van der Waals surface area contributed by atoms with E-state index >= 15 is 0 Å². The summed E-state index contributed by atoms with van der Waals surface area (Å²) < 4.78 is 3.21. The van der Waals surface area contributed by atoms with Crippen LogP contribution in [0.1, 0.15) is 5.69 Å². The second kappa shape index (κ2) is 4.92. The van der Waals surface area contributed by atoms with E-state index < -0.39 is 0 Å². The third-order valence-electron chi connectivity index (χ3n) is 3.53. The fourth-order valence-corrected chi connectivity index (χ4v) is 3.12. The van der Waals surface area contributed by atoms with Gasteiger partial charge in [0.15, 0.2) is 5.17 Å². The van der Waals surface area contributed by atoms with E-state index in [9.17, 15) is 9.59 Å². The lowest BCUT2D eigenvalue weighted by molar-refractivity contribution is -0.115. The maximum atomic E-state index is 12.7. The van der Waals surface area contributed by atoms with Crippen molar-refractivity contribution in [1.82, 2.24) is 9.36 Å². The Kier molecular flexibility index (Phi) is 3.21. The molecule has 6 nitrogen and oxygen atoms in total. The molecule has 1 aromatic carbocycles. The summed E-state index contributed by atoms with van der Waals surface area (Å²) in [7, 11) is 1.77. The number of rotatable bonds is 2. The van der Waals surface area contributed by atoms with Crippen molar-refractivity contribution in [1.29, 1.82) is 5.41 Å². The van der Waals surface area contributed by atoms with Gasteiger partial charge in [0.1, 0.15) is 5.69 Å². The highest BCUT2D eigenvalue weighted by Crippen LogP contribution is 2.26. The highest BCUT2D eigenvalue weighted by molar-refractivity contribution is 8.15. The Balaban J connectivity index is 2.24. The number of para-hydroxylation sites is 1. The maximum absolute atomic E-state index is 12.7. The highest BCUT2D eigenvalue weighted by Gasteiger charge is 2.34.